The molecule has 1 aliphatic rings. The Labute approximate surface area is 82.7 Å². The zero-order chi connectivity index (χ0) is 9.68. The highest BCUT2D eigenvalue weighted by Gasteiger charge is 2.16. The second-order valence-electron chi connectivity index (χ2n) is 4.51. The van der Waals surface area contributed by atoms with Gasteiger partial charge in [-0.3, -0.25) is 0 Å². The zero-order valence-corrected chi connectivity index (χ0v) is 9.34. The Morgan fingerprint density at radius 3 is 2.92 bits per heavy atom. The molecule has 1 unspecified atom stereocenters. The molecule has 0 spiro atoms. The van der Waals surface area contributed by atoms with Crippen LogP contribution in [0.25, 0.3) is 0 Å². The lowest BCUT2D eigenvalue weighted by Crippen LogP contribution is -2.50. The number of nitrogens with zero attached hydrogens (tertiary/aromatic N) is 1. The van der Waals surface area contributed by atoms with Gasteiger partial charge in [-0.25, -0.2) is 0 Å². The van der Waals surface area contributed by atoms with Gasteiger partial charge in [0.05, 0.1) is 0 Å². The largest absolute Gasteiger partial charge is 0.312 e. The van der Waals surface area contributed by atoms with E-state index in [1.54, 1.807) is 0 Å². The van der Waals surface area contributed by atoms with E-state index in [1.165, 1.54) is 39.0 Å². The van der Waals surface area contributed by atoms with Gasteiger partial charge in [0.2, 0.25) is 0 Å². The molecule has 1 heterocycles. The third kappa shape index (κ3) is 4.10. The highest BCUT2D eigenvalue weighted by Crippen LogP contribution is 2.09. The van der Waals surface area contributed by atoms with Crippen LogP contribution in [0.1, 0.15) is 33.6 Å². The van der Waals surface area contributed by atoms with Crippen LogP contribution in [0.5, 0.6) is 0 Å². The van der Waals surface area contributed by atoms with Crippen LogP contribution in [-0.4, -0.2) is 37.1 Å². The van der Waals surface area contributed by atoms with Gasteiger partial charge in [-0.2, -0.15) is 0 Å². The average Bonchev–Trinajstić information content (AvgIpc) is 2.04. The predicted molar refractivity (Wildman–Crippen MR) is 58.0 cm³/mol. The van der Waals surface area contributed by atoms with Gasteiger partial charge in [0, 0.05) is 32.2 Å². The molecule has 1 aliphatic heterocycles. The molecule has 13 heavy (non-hydrogen) atoms. The summed E-state index contributed by atoms with van der Waals surface area (Å²) in [6.45, 7) is 11.8. The number of nitrogens with one attached hydrogen (secondary N) is 1. The third-order valence-electron chi connectivity index (χ3n) is 2.80. The van der Waals surface area contributed by atoms with Gasteiger partial charge < -0.3 is 10.2 Å². The fourth-order valence-corrected chi connectivity index (χ4v) is 2.20. The van der Waals surface area contributed by atoms with Crippen molar-refractivity contribution in [3.63, 3.8) is 0 Å². The summed E-state index contributed by atoms with van der Waals surface area (Å²) < 4.78 is 0. The zero-order valence-electron chi connectivity index (χ0n) is 9.34. The van der Waals surface area contributed by atoms with E-state index < -0.39 is 0 Å². The van der Waals surface area contributed by atoms with E-state index in [4.69, 9.17) is 0 Å². The van der Waals surface area contributed by atoms with Crippen LogP contribution in [0.2, 0.25) is 0 Å². The van der Waals surface area contributed by atoms with Gasteiger partial charge >= 0.3 is 0 Å². The molecule has 0 amide bonds. The highest BCUT2D eigenvalue weighted by molar-refractivity contribution is 4.75. The summed E-state index contributed by atoms with van der Waals surface area (Å²) in [7, 11) is 0. The summed E-state index contributed by atoms with van der Waals surface area (Å²) in [5, 5.41) is 3.48. The molecule has 0 aliphatic carbocycles. The summed E-state index contributed by atoms with van der Waals surface area (Å²) in [6.07, 6.45) is 2.70. The molecule has 0 aromatic heterocycles. The number of rotatable bonds is 4. The first kappa shape index (κ1) is 11.0. The van der Waals surface area contributed by atoms with Gasteiger partial charge in [0.25, 0.3) is 0 Å². The van der Waals surface area contributed by atoms with Crippen LogP contribution in [0.15, 0.2) is 0 Å². The maximum Gasteiger partial charge on any atom is 0.0167 e. The molecular formula is C11H24N2. The van der Waals surface area contributed by atoms with E-state index in [9.17, 15) is 0 Å². The Morgan fingerprint density at radius 1 is 1.54 bits per heavy atom. The molecule has 1 saturated heterocycles. The van der Waals surface area contributed by atoms with Gasteiger partial charge in [-0.05, 0) is 19.3 Å². The van der Waals surface area contributed by atoms with Crippen molar-refractivity contribution >= 4 is 0 Å². The molecule has 2 heteroatoms. The van der Waals surface area contributed by atoms with E-state index in [0.29, 0.717) is 6.04 Å². The Balaban J connectivity index is 2.19. The Bertz CT molecular complexity index is 136. The number of hydrogen-bond donors (Lipinski definition) is 1. The lowest BCUT2D eigenvalue weighted by atomic mass is 10.0. The molecule has 0 saturated carbocycles. The first-order valence-electron chi connectivity index (χ1n) is 5.68. The molecule has 0 aromatic carbocycles. The van der Waals surface area contributed by atoms with Crippen molar-refractivity contribution < 1.29 is 0 Å². The lowest BCUT2D eigenvalue weighted by molar-refractivity contribution is 0.180. The van der Waals surface area contributed by atoms with Gasteiger partial charge in [-0.1, -0.05) is 20.3 Å². The topological polar surface area (TPSA) is 15.3 Å². The molecular weight excluding hydrogens is 160 g/mol. The Kier molecular flexibility index (Phi) is 4.74. The SMILES string of the molecule is CCCC(C)CN1CCN[C@H](C)C1. The average molecular weight is 184 g/mol. The van der Waals surface area contributed by atoms with E-state index in [0.717, 1.165) is 5.92 Å². The van der Waals surface area contributed by atoms with Crippen LogP contribution in [0.3, 0.4) is 0 Å². The fraction of sp³-hybridized carbons (Fsp3) is 1.00. The monoisotopic (exact) mass is 184 g/mol. The van der Waals surface area contributed by atoms with E-state index >= 15 is 0 Å². The van der Waals surface area contributed by atoms with Crippen LogP contribution >= 0.6 is 0 Å². The van der Waals surface area contributed by atoms with Crippen LogP contribution in [0.4, 0.5) is 0 Å². The molecule has 1 fully saturated rings. The van der Waals surface area contributed by atoms with E-state index in [-0.39, 0.29) is 0 Å². The minimum Gasteiger partial charge on any atom is -0.312 e. The van der Waals surface area contributed by atoms with Crippen LogP contribution in [0, 0.1) is 5.92 Å². The van der Waals surface area contributed by atoms with Crippen molar-refractivity contribution in [3.05, 3.63) is 0 Å². The summed E-state index contributed by atoms with van der Waals surface area (Å²) >= 11 is 0. The molecule has 2 nitrogen and oxygen atoms in total. The maximum atomic E-state index is 3.48. The highest BCUT2D eigenvalue weighted by atomic mass is 15.2. The molecule has 78 valence electrons. The number of piperazine rings is 1. The predicted octanol–water partition coefficient (Wildman–Crippen LogP) is 1.72. The maximum absolute atomic E-state index is 3.48. The second-order valence-corrected chi connectivity index (χ2v) is 4.51. The fourth-order valence-electron chi connectivity index (χ4n) is 2.20. The molecule has 2 atom stereocenters. The van der Waals surface area contributed by atoms with Crippen molar-refractivity contribution in [2.24, 2.45) is 5.92 Å². The summed E-state index contributed by atoms with van der Waals surface area (Å²) in [5.74, 6) is 0.871. The van der Waals surface area contributed by atoms with Gasteiger partial charge in [-0.15, -0.1) is 0 Å². The second kappa shape index (κ2) is 5.61. The summed E-state index contributed by atoms with van der Waals surface area (Å²) in [4.78, 5) is 2.60. The molecule has 0 bridgehead atoms. The molecule has 1 rings (SSSR count). The van der Waals surface area contributed by atoms with Crippen molar-refractivity contribution in [1.29, 1.82) is 0 Å². The first-order chi connectivity index (χ1) is 6.22. The van der Waals surface area contributed by atoms with E-state index in [2.05, 4.69) is 31.0 Å². The number of hydrogen-bond acceptors (Lipinski definition) is 2. The van der Waals surface area contributed by atoms with Gasteiger partial charge in [0.15, 0.2) is 0 Å². The molecule has 0 aromatic rings. The van der Waals surface area contributed by atoms with Crippen molar-refractivity contribution in [3.8, 4) is 0 Å². The third-order valence-corrected chi connectivity index (χ3v) is 2.80. The Hall–Kier alpha value is -0.0800. The first-order valence-corrected chi connectivity index (χ1v) is 5.68. The molecule has 1 N–H and O–H groups in total. The minimum atomic E-state index is 0.683. The van der Waals surface area contributed by atoms with Crippen molar-refractivity contribution in [1.82, 2.24) is 10.2 Å². The van der Waals surface area contributed by atoms with Crippen LogP contribution in [-0.2, 0) is 0 Å². The van der Waals surface area contributed by atoms with Crippen molar-refractivity contribution in [2.45, 2.75) is 39.7 Å². The minimum absolute atomic E-state index is 0.683. The lowest BCUT2D eigenvalue weighted by Gasteiger charge is -2.33. The standard InChI is InChI=1S/C11H24N2/c1-4-5-10(2)8-13-7-6-12-11(3)9-13/h10-12H,4-9H2,1-3H3/t10?,11-/m1/s1. The smallest absolute Gasteiger partial charge is 0.0167 e. The Morgan fingerprint density at radius 2 is 2.31 bits per heavy atom. The quantitative estimate of drug-likeness (QED) is 0.715. The van der Waals surface area contributed by atoms with Crippen molar-refractivity contribution in [2.75, 3.05) is 26.2 Å². The van der Waals surface area contributed by atoms with Crippen LogP contribution < -0.4 is 5.32 Å². The summed E-state index contributed by atoms with van der Waals surface area (Å²) in [6, 6.07) is 0.683. The molecule has 0 radical (unpaired) electrons. The summed E-state index contributed by atoms with van der Waals surface area (Å²) in [5.41, 5.74) is 0. The van der Waals surface area contributed by atoms with Gasteiger partial charge in [0.1, 0.15) is 0 Å². The van der Waals surface area contributed by atoms with E-state index in [1.807, 2.05) is 0 Å². The normalized spacial score (nSPS) is 27.5.